The molecule has 5 heteroatoms. The van der Waals surface area contributed by atoms with Crippen molar-refractivity contribution in [2.24, 2.45) is 0 Å². The quantitative estimate of drug-likeness (QED) is 0.769. The molecule has 0 spiro atoms. The molecule has 0 atom stereocenters. The standard InChI is InChI=1S/C13H18O4S/c1-4-17-13(14)9-18(15,16)12-7-5-11(6-8-12)10(2)3/h5-8,10H,4,9H2,1-3H3. The van der Waals surface area contributed by atoms with Crippen LogP contribution in [0.1, 0.15) is 32.3 Å². The summed E-state index contributed by atoms with van der Waals surface area (Å²) in [5.41, 5.74) is 1.06. The lowest BCUT2D eigenvalue weighted by molar-refractivity contribution is -0.139. The summed E-state index contributed by atoms with van der Waals surface area (Å²) >= 11 is 0. The number of hydrogen-bond acceptors (Lipinski definition) is 4. The van der Waals surface area contributed by atoms with Crippen molar-refractivity contribution in [3.8, 4) is 0 Å². The highest BCUT2D eigenvalue weighted by Crippen LogP contribution is 2.18. The van der Waals surface area contributed by atoms with E-state index in [2.05, 4.69) is 4.74 Å². The van der Waals surface area contributed by atoms with E-state index in [0.29, 0.717) is 5.92 Å². The van der Waals surface area contributed by atoms with Crippen LogP contribution in [0.4, 0.5) is 0 Å². The van der Waals surface area contributed by atoms with Crippen molar-refractivity contribution >= 4 is 15.8 Å². The van der Waals surface area contributed by atoms with Crippen LogP contribution in [-0.4, -0.2) is 26.7 Å². The van der Waals surface area contributed by atoms with Crippen LogP contribution in [0.25, 0.3) is 0 Å². The summed E-state index contributed by atoms with van der Waals surface area (Å²) < 4.78 is 28.4. The first kappa shape index (κ1) is 14.7. The Morgan fingerprint density at radius 3 is 2.22 bits per heavy atom. The fourth-order valence-corrected chi connectivity index (χ4v) is 2.61. The summed E-state index contributed by atoms with van der Waals surface area (Å²) in [6.07, 6.45) is 0. The minimum absolute atomic E-state index is 0.153. The molecule has 0 aromatic heterocycles. The van der Waals surface area contributed by atoms with E-state index < -0.39 is 21.6 Å². The van der Waals surface area contributed by atoms with Crippen molar-refractivity contribution in [2.45, 2.75) is 31.6 Å². The monoisotopic (exact) mass is 270 g/mol. The van der Waals surface area contributed by atoms with Gasteiger partial charge in [0.05, 0.1) is 11.5 Å². The molecule has 0 radical (unpaired) electrons. The van der Waals surface area contributed by atoms with Gasteiger partial charge >= 0.3 is 5.97 Å². The average Bonchev–Trinajstić information content (AvgIpc) is 2.28. The average molecular weight is 270 g/mol. The number of hydrogen-bond donors (Lipinski definition) is 0. The third-order valence-electron chi connectivity index (χ3n) is 2.52. The number of carbonyl (C=O) groups excluding carboxylic acids is 1. The SMILES string of the molecule is CCOC(=O)CS(=O)(=O)c1ccc(C(C)C)cc1. The highest BCUT2D eigenvalue weighted by atomic mass is 32.2. The fourth-order valence-electron chi connectivity index (χ4n) is 1.50. The van der Waals surface area contributed by atoms with E-state index in [1.54, 1.807) is 19.1 Å². The van der Waals surface area contributed by atoms with Crippen LogP contribution >= 0.6 is 0 Å². The van der Waals surface area contributed by atoms with Gasteiger partial charge in [0.1, 0.15) is 0 Å². The Morgan fingerprint density at radius 1 is 1.22 bits per heavy atom. The lowest BCUT2D eigenvalue weighted by Crippen LogP contribution is -2.18. The molecule has 0 bridgehead atoms. The molecule has 18 heavy (non-hydrogen) atoms. The van der Waals surface area contributed by atoms with E-state index in [4.69, 9.17) is 0 Å². The maximum atomic E-state index is 11.9. The van der Waals surface area contributed by atoms with Gasteiger partial charge in [0.15, 0.2) is 15.6 Å². The molecule has 0 saturated heterocycles. The minimum Gasteiger partial charge on any atom is -0.465 e. The number of esters is 1. The minimum atomic E-state index is -3.60. The molecule has 0 saturated carbocycles. The van der Waals surface area contributed by atoms with Crippen molar-refractivity contribution in [1.29, 1.82) is 0 Å². The second-order valence-electron chi connectivity index (χ2n) is 4.29. The first-order valence-electron chi connectivity index (χ1n) is 5.85. The number of benzene rings is 1. The summed E-state index contributed by atoms with van der Waals surface area (Å²) in [5.74, 6) is -0.987. The van der Waals surface area contributed by atoms with Crippen LogP contribution in [0.3, 0.4) is 0 Å². The maximum Gasteiger partial charge on any atom is 0.321 e. The second-order valence-corrected chi connectivity index (χ2v) is 6.28. The highest BCUT2D eigenvalue weighted by molar-refractivity contribution is 7.92. The second kappa shape index (κ2) is 6.00. The van der Waals surface area contributed by atoms with Crippen LogP contribution in [0.15, 0.2) is 29.2 Å². The Balaban J connectivity index is 2.88. The van der Waals surface area contributed by atoms with Crippen molar-refractivity contribution in [1.82, 2.24) is 0 Å². The van der Waals surface area contributed by atoms with Gasteiger partial charge in [0.2, 0.25) is 0 Å². The lowest BCUT2D eigenvalue weighted by Gasteiger charge is -2.07. The Kier molecular flexibility index (Phi) is 4.90. The van der Waals surface area contributed by atoms with E-state index in [0.717, 1.165) is 5.56 Å². The Labute approximate surface area is 108 Å². The number of carbonyl (C=O) groups is 1. The van der Waals surface area contributed by atoms with Gasteiger partial charge < -0.3 is 4.74 Å². The topological polar surface area (TPSA) is 60.4 Å². The van der Waals surface area contributed by atoms with Gasteiger partial charge in [-0.15, -0.1) is 0 Å². The van der Waals surface area contributed by atoms with Gasteiger partial charge in [0.25, 0.3) is 0 Å². The fraction of sp³-hybridized carbons (Fsp3) is 0.462. The predicted molar refractivity (Wildman–Crippen MR) is 69.2 cm³/mol. The molecule has 0 unspecified atom stereocenters. The van der Waals surface area contributed by atoms with E-state index in [-0.39, 0.29) is 11.5 Å². The number of ether oxygens (including phenoxy) is 1. The summed E-state index contributed by atoms with van der Waals surface area (Å²) in [6, 6.07) is 6.60. The predicted octanol–water partition coefficient (Wildman–Crippen LogP) is 2.15. The van der Waals surface area contributed by atoms with E-state index in [1.165, 1.54) is 12.1 Å². The third-order valence-corrected chi connectivity index (χ3v) is 4.13. The van der Waals surface area contributed by atoms with Crippen LogP contribution in [-0.2, 0) is 19.4 Å². The van der Waals surface area contributed by atoms with Crippen molar-refractivity contribution in [3.63, 3.8) is 0 Å². The largest absolute Gasteiger partial charge is 0.465 e. The zero-order valence-electron chi connectivity index (χ0n) is 10.8. The van der Waals surface area contributed by atoms with Gasteiger partial charge in [0, 0.05) is 0 Å². The molecular formula is C13H18O4S. The van der Waals surface area contributed by atoms with Gasteiger partial charge in [-0.2, -0.15) is 0 Å². The van der Waals surface area contributed by atoms with Crippen molar-refractivity contribution in [3.05, 3.63) is 29.8 Å². The molecular weight excluding hydrogens is 252 g/mol. The van der Waals surface area contributed by atoms with Crippen molar-refractivity contribution < 1.29 is 17.9 Å². The Bertz CT molecular complexity index is 500. The molecule has 0 aliphatic rings. The van der Waals surface area contributed by atoms with Crippen molar-refractivity contribution in [2.75, 3.05) is 12.4 Å². The molecule has 1 aromatic rings. The maximum absolute atomic E-state index is 11.9. The highest BCUT2D eigenvalue weighted by Gasteiger charge is 2.20. The van der Waals surface area contributed by atoms with Gasteiger partial charge in [-0.05, 0) is 30.5 Å². The molecule has 0 aliphatic carbocycles. The third kappa shape index (κ3) is 3.84. The molecule has 100 valence electrons. The zero-order valence-corrected chi connectivity index (χ0v) is 11.7. The number of rotatable bonds is 5. The summed E-state index contributed by atoms with van der Waals surface area (Å²) in [7, 11) is -3.60. The Hall–Kier alpha value is -1.36. The first-order chi connectivity index (χ1) is 8.36. The van der Waals surface area contributed by atoms with Crippen LogP contribution in [0, 0.1) is 0 Å². The molecule has 1 rings (SSSR count). The normalized spacial score (nSPS) is 11.6. The van der Waals surface area contributed by atoms with Gasteiger partial charge in [-0.3, -0.25) is 4.79 Å². The van der Waals surface area contributed by atoms with Crippen LogP contribution in [0.2, 0.25) is 0 Å². The summed E-state index contributed by atoms with van der Waals surface area (Å²) in [6.45, 7) is 5.88. The smallest absolute Gasteiger partial charge is 0.321 e. The molecule has 0 fully saturated rings. The van der Waals surface area contributed by atoms with E-state index in [1.807, 2.05) is 13.8 Å². The molecule has 0 heterocycles. The summed E-state index contributed by atoms with van der Waals surface area (Å²) in [4.78, 5) is 11.4. The van der Waals surface area contributed by atoms with Crippen LogP contribution in [0.5, 0.6) is 0 Å². The molecule has 1 aromatic carbocycles. The zero-order chi connectivity index (χ0) is 13.8. The summed E-state index contributed by atoms with van der Waals surface area (Å²) in [5, 5.41) is 0. The van der Waals surface area contributed by atoms with Crippen LogP contribution < -0.4 is 0 Å². The number of sulfone groups is 1. The molecule has 0 amide bonds. The molecule has 4 nitrogen and oxygen atoms in total. The van der Waals surface area contributed by atoms with Gasteiger partial charge in [-0.25, -0.2) is 8.42 Å². The van der Waals surface area contributed by atoms with E-state index in [9.17, 15) is 13.2 Å². The van der Waals surface area contributed by atoms with Gasteiger partial charge in [-0.1, -0.05) is 26.0 Å². The lowest BCUT2D eigenvalue weighted by atomic mass is 10.0. The first-order valence-corrected chi connectivity index (χ1v) is 7.50. The van der Waals surface area contributed by atoms with E-state index >= 15 is 0 Å². The molecule has 0 aliphatic heterocycles. The Morgan fingerprint density at radius 2 is 1.78 bits per heavy atom. The molecule has 0 N–H and O–H groups in total.